The molecule has 0 amide bonds. The van der Waals surface area contributed by atoms with Crippen LogP contribution in [0, 0.1) is 12.7 Å². The molecule has 0 saturated heterocycles. The van der Waals surface area contributed by atoms with E-state index in [1.807, 2.05) is 19.9 Å². The van der Waals surface area contributed by atoms with Gasteiger partial charge in [-0.1, -0.05) is 32.0 Å². The summed E-state index contributed by atoms with van der Waals surface area (Å²) < 4.78 is 18.8. The van der Waals surface area contributed by atoms with Crippen LogP contribution in [0.3, 0.4) is 0 Å². The molecule has 0 aliphatic carbocycles. The van der Waals surface area contributed by atoms with Crippen molar-refractivity contribution in [2.75, 3.05) is 11.4 Å². The van der Waals surface area contributed by atoms with Crippen LogP contribution in [0.15, 0.2) is 47.0 Å². The maximum Gasteiger partial charge on any atom is 0.245 e. The standard InChI is InChI=1S/C18H16FN3O.C2H6/c1-12-4-2-3-5-16(12)22-9-8-17-15(11-22)21-18(23-17)14-7-6-13(19)10-20-14;1-2/h2-7,10H,8-9,11H2,1H3;1-2H3. The zero-order valence-corrected chi connectivity index (χ0v) is 14.8. The lowest BCUT2D eigenvalue weighted by Gasteiger charge is -2.28. The van der Waals surface area contributed by atoms with Crippen LogP contribution in [-0.4, -0.2) is 16.5 Å². The fourth-order valence-corrected chi connectivity index (χ4v) is 2.93. The molecule has 0 saturated carbocycles. The first-order valence-corrected chi connectivity index (χ1v) is 8.62. The fourth-order valence-electron chi connectivity index (χ4n) is 2.93. The van der Waals surface area contributed by atoms with E-state index >= 15 is 0 Å². The SMILES string of the molecule is CC.Cc1ccccc1N1CCc2oc(-c3ccc(F)cn3)nc2C1. The quantitative estimate of drug-likeness (QED) is 0.674. The van der Waals surface area contributed by atoms with Crippen LogP contribution in [0.1, 0.15) is 30.9 Å². The first kappa shape index (κ1) is 17.1. The first-order chi connectivity index (χ1) is 12.2. The van der Waals surface area contributed by atoms with E-state index < -0.39 is 0 Å². The molecule has 0 radical (unpaired) electrons. The lowest BCUT2D eigenvalue weighted by atomic mass is 10.1. The van der Waals surface area contributed by atoms with Gasteiger partial charge >= 0.3 is 0 Å². The number of halogens is 1. The highest BCUT2D eigenvalue weighted by Gasteiger charge is 2.24. The van der Waals surface area contributed by atoms with Crippen molar-refractivity contribution in [3.63, 3.8) is 0 Å². The number of hydrogen-bond acceptors (Lipinski definition) is 4. The second kappa shape index (κ2) is 7.47. The highest BCUT2D eigenvalue weighted by molar-refractivity contribution is 5.55. The summed E-state index contributed by atoms with van der Waals surface area (Å²) >= 11 is 0. The molecule has 4 nitrogen and oxygen atoms in total. The Morgan fingerprint density at radius 1 is 1.12 bits per heavy atom. The molecular formula is C20H22FN3O. The first-order valence-electron chi connectivity index (χ1n) is 8.62. The summed E-state index contributed by atoms with van der Waals surface area (Å²) in [7, 11) is 0. The third-order valence-corrected chi connectivity index (χ3v) is 4.13. The third-order valence-electron chi connectivity index (χ3n) is 4.13. The highest BCUT2D eigenvalue weighted by Crippen LogP contribution is 2.29. The molecule has 0 spiro atoms. The summed E-state index contributed by atoms with van der Waals surface area (Å²) in [4.78, 5) is 10.9. The zero-order valence-electron chi connectivity index (χ0n) is 14.8. The average Bonchev–Trinajstić information content (AvgIpc) is 3.07. The van der Waals surface area contributed by atoms with Gasteiger partial charge in [-0.25, -0.2) is 14.4 Å². The van der Waals surface area contributed by atoms with Gasteiger partial charge in [0.25, 0.3) is 0 Å². The monoisotopic (exact) mass is 339 g/mol. The molecule has 25 heavy (non-hydrogen) atoms. The minimum Gasteiger partial charge on any atom is -0.439 e. The molecule has 5 heteroatoms. The molecule has 130 valence electrons. The summed E-state index contributed by atoms with van der Waals surface area (Å²) in [6.07, 6.45) is 1.98. The Bertz CT molecular complexity index is 842. The van der Waals surface area contributed by atoms with Gasteiger partial charge in [0.15, 0.2) is 0 Å². The topological polar surface area (TPSA) is 42.2 Å². The number of rotatable bonds is 2. The summed E-state index contributed by atoms with van der Waals surface area (Å²) in [5, 5.41) is 0. The van der Waals surface area contributed by atoms with E-state index in [-0.39, 0.29) is 5.82 Å². The number of oxazole rings is 1. The maximum absolute atomic E-state index is 13.0. The Balaban J connectivity index is 0.000000880. The summed E-state index contributed by atoms with van der Waals surface area (Å²) in [6, 6.07) is 11.3. The van der Waals surface area contributed by atoms with Crippen molar-refractivity contribution < 1.29 is 8.81 Å². The van der Waals surface area contributed by atoms with Gasteiger partial charge < -0.3 is 9.32 Å². The van der Waals surface area contributed by atoms with Crippen LogP contribution in [0.4, 0.5) is 10.1 Å². The molecule has 0 fully saturated rings. The molecule has 0 N–H and O–H groups in total. The Labute approximate surface area is 147 Å². The van der Waals surface area contributed by atoms with Crippen molar-refractivity contribution in [3.05, 3.63) is 65.4 Å². The van der Waals surface area contributed by atoms with Gasteiger partial charge in [-0.3, -0.25) is 0 Å². The van der Waals surface area contributed by atoms with E-state index in [0.717, 1.165) is 24.4 Å². The lowest BCUT2D eigenvalue weighted by Crippen LogP contribution is -2.30. The van der Waals surface area contributed by atoms with Crippen LogP contribution < -0.4 is 4.90 Å². The molecule has 2 aromatic heterocycles. The maximum atomic E-state index is 13.0. The minimum absolute atomic E-state index is 0.365. The predicted molar refractivity (Wildman–Crippen MR) is 97.0 cm³/mol. The van der Waals surface area contributed by atoms with E-state index in [1.54, 1.807) is 6.07 Å². The number of anilines is 1. The molecule has 4 rings (SSSR count). The summed E-state index contributed by atoms with van der Waals surface area (Å²) in [6.45, 7) is 7.72. The van der Waals surface area contributed by atoms with E-state index in [4.69, 9.17) is 4.42 Å². The summed E-state index contributed by atoms with van der Waals surface area (Å²) in [5.41, 5.74) is 3.96. The molecule has 3 aromatic rings. The van der Waals surface area contributed by atoms with Crippen LogP contribution >= 0.6 is 0 Å². The number of aryl methyl sites for hydroxylation is 1. The average molecular weight is 339 g/mol. The normalized spacial score (nSPS) is 13.0. The van der Waals surface area contributed by atoms with Crippen molar-refractivity contribution in [1.29, 1.82) is 0 Å². The zero-order chi connectivity index (χ0) is 17.8. The minimum atomic E-state index is -0.365. The molecule has 1 aliphatic rings. The largest absolute Gasteiger partial charge is 0.439 e. The molecule has 1 aliphatic heterocycles. The molecule has 0 unspecified atom stereocenters. The van der Waals surface area contributed by atoms with Gasteiger partial charge in [-0.15, -0.1) is 0 Å². The molecular weight excluding hydrogens is 317 g/mol. The van der Waals surface area contributed by atoms with Gasteiger partial charge in [-0.05, 0) is 30.7 Å². The number of hydrogen-bond donors (Lipinski definition) is 0. The second-order valence-electron chi connectivity index (χ2n) is 5.71. The van der Waals surface area contributed by atoms with Crippen molar-refractivity contribution in [2.24, 2.45) is 0 Å². The van der Waals surface area contributed by atoms with Crippen molar-refractivity contribution in [2.45, 2.75) is 33.7 Å². The van der Waals surface area contributed by atoms with E-state index in [0.29, 0.717) is 18.1 Å². The number of benzene rings is 1. The van der Waals surface area contributed by atoms with E-state index in [1.165, 1.54) is 23.5 Å². The number of para-hydroxylation sites is 1. The van der Waals surface area contributed by atoms with Crippen LogP contribution in [0.2, 0.25) is 0 Å². The van der Waals surface area contributed by atoms with Crippen LogP contribution in [0.25, 0.3) is 11.6 Å². The van der Waals surface area contributed by atoms with Crippen molar-refractivity contribution in [3.8, 4) is 11.6 Å². The third kappa shape index (κ3) is 3.55. The molecule has 0 bridgehead atoms. The van der Waals surface area contributed by atoms with E-state index in [2.05, 4.69) is 40.0 Å². The molecule has 0 atom stereocenters. The molecule has 3 heterocycles. The van der Waals surface area contributed by atoms with Gasteiger partial charge in [0.1, 0.15) is 23.0 Å². The van der Waals surface area contributed by atoms with E-state index in [9.17, 15) is 4.39 Å². The smallest absolute Gasteiger partial charge is 0.245 e. The molecule has 1 aromatic carbocycles. The lowest BCUT2D eigenvalue weighted by molar-refractivity contribution is 0.497. The van der Waals surface area contributed by atoms with Gasteiger partial charge in [0.2, 0.25) is 5.89 Å². The van der Waals surface area contributed by atoms with Crippen LogP contribution in [-0.2, 0) is 13.0 Å². The highest BCUT2D eigenvalue weighted by atomic mass is 19.1. The Hall–Kier alpha value is -2.69. The second-order valence-corrected chi connectivity index (χ2v) is 5.71. The van der Waals surface area contributed by atoms with Crippen molar-refractivity contribution in [1.82, 2.24) is 9.97 Å². The number of aromatic nitrogens is 2. The number of nitrogens with zero attached hydrogens (tertiary/aromatic N) is 3. The number of pyridine rings is 1. The van der Waals surface area contributed by atoms with Crippen molar-refractivity contribution >= 4 is 5.69 Å². The summed E-state index contributed by atoms with van der Waals surface area (Å²) in [5.74, 6) is 0.994. The Morgan fingerprint density at radius 2 is 1.92 bits per heavy atom. The Morgan fingerprint density at radius 3 is 2.64 bits per heavy atom. The predicted octanol–water partition coefficient (Wildman–Crippen LogP) is 4.77. The van der Waals surface area contributed by atoms with Gasteiger partial charge in [0.05, 0.1) is 12.7 Å². The number of fused-ring (bicyclic) bond motifs is 1. The van der Waals surface area contributed by atoms with Gasteiger partial charge in [-0.2, -0.15) is 0 Å². The van der Waals surface area contributed by atoms with Crippen LogP contribution in [0.5, 0.6) is 0 Å². The van der Waals surface area contributed by atoms with Gasteiger partial charge in [0, 0.05) is 18.7 Å². The Kier molecular flexibility index (Phi) is 5.12. The fraction of sp³-hybridized carbons (Fsp3) is 0.300.